The summed E-state index contributed by atoms with van der Waals surface area (Å²) in [7, 11) is 3.23. The number of rotatable bonds is 7. The topological polar surface area (TPSA) is 82.6 Å². The van der Waals surface area contributed by atoms with Crippen LogP contribution in [0.1, 0.15) is 27.9 Å². The van der Waals surface area contributed by atoms with Crippen LogP contribution in [0.25, 0.3) is 10.1 Å². The zero-order valence-electron chi connectivity index (χ0n) is 15.7. The van der Waals surface area contributed by atoms with Gasteiger partial charge >= 0.3 is 5.97 Å². The Balaban J connectivity index is 1.89. The van der Waals surface area contributed by atoms with Crippen molar-refractivity contribution >= 4 is 33.2 Å². The Morgan fingerprint density at radius 2 is 2.00 bits per heavy atom. The molecule has 0 aliphatic carbocycles. The van der Waals surface area contributed by atoms with Crippen LogP contribution in [0.5, 0.6) is 11.5 Å². The first-order chi connectivity index (χ1) is 13.1. The average Bonchev–Trinajstić information content (AvgIpc) is 3.14. The van der Waals surface area contributed by atoms with Gasteiger partial charge in [0, 0.05) is 23.6 Å². The minimum absolute atomic E-state index is 0.333. The Morgan fingerprint density at radius 3 is 2.70 bits per heavy atom. The second-order valence-corrected chi connectivity index (χ2v) is 6.79. The standard InChI is InChI=1S/C19H21N3O4S/c1-5-26-19(23)16-9-14-17(27-16)11(2)21-22-18(14)20-10-12-6-7-13(24-3)8-15(12)25-4/h6-9H,5,10H2,1-4H3,(H,20,22). The monoisotopic (exact) mass is 387 g/mol. The summed E-state index contributed by atoms with van der Waals surface area (Å²) in [6, 6.07) is 7.44. The molecule has 3 rings (SSSR count). The number of hydrogen-bond acceptors (Lipinski definition) is 8. The lowest BCUT2D eigenvalue weighted by Gasteiger charge is -2.12. The van der Waals surface area contributed by atoms with E-state index in [0.29, 0.717) is 23.8 Å². The summed E-state index contributed by atoms with van der Waals surface area (Å²) < 4.78 is 16.7. The van der Waals surface area contributed by atoms with Crippen LogP contribution in [0.2, 0.25) is 0 Å². The molecule has 1 N–H and O–H groups in total. The van der Waals surface area contributed by atoms with Crippen molar-refractivity contribution in [3.8, 4) is 11.5 Å². The first kappa shape index (κ1) is 18.9. The molecular weight excluding hydrogens is 366 g/mol. The summed E-state index contributed by atoms with van der Waals surface area (Å²) in [6.45, 7) is 4.49. The van der Waals surface area contributed by atoms with Gasteiger partial charge < -0.3 is 19.5 Å². The van der Waals surface area contributed by atoms with Crippen LogP contribution in [0.3, 0.4) is 0 Å². The SMILES string of the molecule is CCOC(=O)c1cc2c(NCc3ccc(OC)cc3OC)nnc(C)c2s1. The van der Waals surface area contributed by atoms with E-state index < -0.39 is 0 Å². The quantitative estimate of drug-likeness (QED) is 0.617. The summed E-state index contributed by atoms with van der Waals surface area (Å²) in [5, 5.41) is 12.6. The lowest BCUT2D eigenvalue weighted by atomic mass is 10.2. The molecule has 0 saturated carbocycles. The number of fused-ring (bicyclic) bond motifs is 1. The molecule has 0 aliphatic heterocycles. The van der Waals surface area contributed by atoms with Crippen LogP contribution in [0, 0.1) is 6.92 Å². The fraction of sp³-hybridized carbons (Fsp3) is 0.316. The molecule has 0 aliphatic rings. The number of esters is 1. The van der Waals surface area contributed by atoms with Gasteiger partial charge in [0.1, 0.15) is 16.4 Å². The van der Waals surface area contributed by atoms with E-state index in [2.05, 4.69) is 15.5 Å². The molecule has 0 radical (unpaired) electrons. The summed E-state index contributed by atoms with van der Waals surface area (Å²) in [6.07, 6.45) is 0. The molecule has 0 atom stereocenters. The van der Waals surface area contributed by atoms with Gasteiger partial charge in [-0.1, -0.05) is 0 Å². The lowest BCUT2D eigenvalue weighted by molar-refractivity contribution is 0.0532. The lowest BCUT2D eigenvalue weighted by Crippen LogP contribution is -2.05. The molecule has 0 unspecified atom stereocenters. The molecule has 8 heteroatoms. The van der Waals surface area contributed by atoms with Crippen LogP contribution in [0.15, 0.2) is 24.3 Å². The highest BCUT2D eigenvalue weighted by atomic mass is 32.1. The maximum atomic E-state index is 12.1. The number of carbonyl (C=O) groups is 1. The average molecular weight is 387 g/mol. The summed E-state index contributed by atoms with van der Waals surface area (Å²) in [4.78, 5) is 12.6. The van der Waals surface area contributed by atoms with Gasteiger partial charge in [0.15, 0.2) is 5.82 Å². The Labute approximate surface area is 161 Å². The fourth-order valence-electron chi connectivity index (χ4n) is 2.67. The molecule has 0 bridgehead atoms. The number of nitrogens with one attached hydrogen (secondary N) is 1. The Kier molecular flexibility index (Phi) is 5.75. The molecule has 3 aromatic rings. The van der Waals surface area contributed by atoms with Crippen molar-refractivity contribution in [2.45, 2.75) is 20.4 Å². The van der Waals surface area contributed by atoms with E-state index in [1.165, 1.54) is 11.3 Å². The van der Waals surface area contributed by atoms with Gasteiger partial charge in [-0.3, -0.25) is 0 Å². The minimum atomic E-state index is -0.333. The fourth-order valence-corrected chi connectivity index (χ4v) is 3.66. The predicted octanol–water partition coefficient (Wildman–Crippen LogP) is 3.81. The van der Waals surface area contributed by atoms with Crippen molar-refractivity contribution in [2.75, 3.05) is 26.1 Å². The second-order valence-electron chi connectivity index (χ2n) is 5.74. The molecular formula is C19H21N3O4S. The number of aromatic nitrogens is 2. The Hall–Kier alpha value is -2.87. The van der Waals surface area contributed by atoms with Crippen LogP contribution in [-0.4, -0.2) is 37.0 Å². The number of thiophene rings is 1. The molecule has 0 fully saturated rings. The van der Waals surface area contributed by atoms with Gasteiger partial charge in [-0.2, -0.15) is 5.10 Å². The summed E-state index contributed by atoms with van der Waals surface area (Å²) in [5.74, 6) is 1.72. The number of hydrogen-bond donors (Lipinski definition) is 1. The normalized spacial score (nSPS) is 10.7. The third kappa shape index (κ3) is 3.95. The highest BCUT2D eigenvalue weighted by Crippen LogP contribution is 2.33. The smallest absolute Gasteiger partial charge is 0.348 e. The van der Waals surface area contributed by atoms with Gasteiger partial charge in [-0.05, 0) is 32.0 Å². The molecule has 27 heavy (non-hydrogen) atoms. The highest BCUT2D eigenvalue weighted by molar-refractivity contribution is 7.21. The Morgan fingerprint density at radius 1 is 1.19 bits per heavy atom. The van der Waals surface area contributed by atoms with Crippen molar-refractivity contribution < 1.29 is 19.0 Å². The van der Waals surface area contributed by atoms with Gasteiger partial charge in [0.2, 0.25) is 0 Å². The van der Waals surface area contributed by atoms with E-state index in [9.17, 15) is 4.79 Å². The predicted molar refractivity (Wildman–Crippen MR) is 105 cm³/mol. The number of carbonyl (C=O) groups excluding carboxylic acids is 1. The Bertz CT molecular complexity index is 971. The van der Waals surface area contributed by atoms with Crippen molar-refractivity contribution in [1.82, 2.24) is 10.2 Å². The van der Waals surface area contributed by atoms with E-state index in [1.54, 1.807) is 27.2 Å². The number of aryl methyl sites for hydroxylation is 1. The van der Waals surface area contributed by atoms with Crippen LogP contribution in [-0.2, 0) is 11.3 Å². The molecule has 0 amide bonds. The third-order valence-electron chi connectivity index (χ3n) is 4.03. The van der Waals surface area contributed by atoms with Crippen molar-refractivity contribution in [1.29, 1.82) is 0 Å². The van der Waals surface area contributed by atoms with Gasteiger partial charge in [0.05, 0.1) is 31.2 Å². The van der Waals surface area contributed by atoms with Crippen LogP contribution in [0.4, 0.5) is 5.82 Å². The largest absolute Gasteiger partial charge is 0.497 e. The van der Waals surface area contributed by atoms with E-state index in [0.717, 1.165) is 32.8 Å². The number of benzene rings is 1. The molecule has 2 aromatic heterocycles. The van der Waals surface area contributed by atoms with Crippen molar-refractivity contribution in [3.05, 3.63) is 40.4 Å². The number of ether oxygens (including phenoxy) is 3. The number of methoxy groups -OCH3 is 2. The van der Waals surface area contributed by atoms with Gasteiger partial charge in [-0.25, -0.2) is 4.79 Å². The van der Waals surface area contributed by atoms with Crippen molar-refractivity contribution in [2.24, 2.45) is 0 Å². The molecule has 0 saturated heterocycles. The number of nitrogens with zero attached hydrogens (tertiary/aromatic N) is 2. The maximum absolute atomic E-state index is 12.1. The van der Waals surface area contributed by atoms with Gasteiger partial charge in [-0.15, -0.1) is 16.4 Å². The first-order valence-electron chi connectivity index (χ1n) is 8.46. The molecule has 1 aromatic carbocycles. The van der Waals surface area contributed by atoms with E-state index in [-0.39, 0.29) is 5.97 Å². The number of anilines is 1. The molecule has 142 valence electrons. The molecule has 7 nitrogen and oxygen atoms in total. The summed E-state index contributed by atoms with van der Waals surface area (Å²) in [5.41, 5.74) is 1.73. The van der Waals surface area contributed by atoms with Crippen LogP contribution >= 0.6 is 11.3 Å². The third-order valence-corrected chi connectivity index (χ3v) is 5.26. The van der Waals surface area contributed by atoms with Crippen LogP contribution < -0.4 is 14.8 Å². The van der Waals surface area contributed by atoms with Gasteiger partial charge in [0.25, 0.3) is 0 Å². The zero-order chi connectivity index (χ0) is 19.4. The van der Waals surface area contributed by atoms with E-state index in [4.69, 9.17) is 14.2 Å². The zero-order valence-corrected chi connectivity index (χ0v) is 16.5. The van der Waals surface area contributed by atoms with E-state index in [1.807, 2.05) is 25.1 Å². The minimum Gasteiger partial charge on any atom is -0.497 e. The van der Waals surface area contributed by atoms with Crippen molar-refractivity contribution in [3.63, 3.8) is 0 Å². The molecule has 0 spiro atoms. The first-order valence-corrected chi connectivity index (χ1v) is 9.27. The van der Waals surface area contributed by atoms with E-state index >= 15 is 0 Å². The maximum Gasteiger partial charge on any atom is 0.348 e. The molecule has 2 heterocycles. The second kappa shape index (κ2) is 8.22. The highest BCUT2D eigenvalue weighted by Gasteiger charge is 2.17. The summed E-state index contributed by atoms with van der Waals surface area (Å²) >= 11 is 1.36.